The summed E-state index contributed by atoms with van der Waals surface area (Å²) in [6, 6.07) is 4.35. The molecule has 0 saturated carbocycles. The molecule has 96 valence electrons. The van der Waals surface area contributed by atoms with Gasteiger partial charge in [0.25, 0.3) is 0 Å². The zero-order valence-electron chi connectivity index (χ0n) is 11.1. The van der Waals surface area contributed by atoms with E-state index in [1.165, 1.54) is 24.2 Å². The van der Waals surface area contributed by atoms with E-state index in [2.05, 4.69) is 25.7 Å². The number of carbonyl (C=O) groups excluding carboxylic acids is 1. The van der Waals surface area contributed by atoms with Crippen LogP contribution in [-0.4, -0.2) is 29.8 Å². The van der Waals surface area contributed by atoms with Crippen LogP contribution in [0.2, 0.25) is 0 Å². The molecule has 1 aromatic heterocycles. The third kappa shape index (κ3) is 4.60. The van der Waals surface area contributed by atoms with E-state index in [1.807, 2.05) is 17.5 Å². The fourth-order valence-corrected chi connectivity index (χ4v) is 2.43. The van der Waals surface area contributed by atoms with Gasteiger partial charge in [-0.3, -0.25) is 9.69 Å². The summed E-state index contributed by atoms with van der Waals surface area (Å²) in [6.45, 7) is 8.17. The second-order valence-corrected chi connectivity index (χ2v) is 5.43. The van der Waals surface area contributed by atoms with E-state index in [1.54, 1.807) is 0 Å². The normalized spacial score (nSPS) is 12.9. The van der Waals surface area contributed by atoms with Gasteiger partial charge in [0.15, 0.2) is 5.78 Å². The lowest BCUT2D eigenvalue weighted by Gasteiger charge is -2.27. The topological polar surface area (TPSA) is 20.3 Å². The standard InChI is InChI=1S/C14H23NOS/c1-4-6-9-15(12(3)5-2)11-13(16)14-8-7-10-17-14/h7-8,10,12H,4-6,9,11H2,1-3H3. The third-order valence-corrected chi connectivity index (χ3v) is 4.07. The van der Waals surface area contributed by atoms with E-state index in [0.717, 1.165) is 17.8 Å². The molecule has 0 bridgehead atoms. The zero-order valence-corrected chi connectivity index (χ0v) is 11.9. The summed E-state index contributed by atoms with van der Waals surface area (Å²) < 4.78 is 0. The van der Waals surface area contributed by atoms with Crippen LogP contribution in [0.3, 0.4) is 0 Å². The summed E-state index contributed by atoms with van der Waals surface area (Å²) >= 11 is 1.54. The van der Waals surface area contributed by atoms with E-state index in [4.69, 9.17) is 0 Å². The average molecular weight is 253 g/mol. The molecule has 1 rings (SSSR count). The molecule has 0 aromatic carbocycles. The molecule has 0 saturated heterocycles. The Bertz CT molecular complexity index is 321. The highest BCUT2D eigenvalue weighted by molar-refractivity contribution is 7.12. The molecule has 0 spiro atoms. The first-order valence-electron chi connectivity index (χ1n) is 6.49. The second-order valence-electron chi connectivity index (χ2n) is 4.48. The van der Waals surface area contributed by atoms with Crippen molar-refractivity contribution in [1.82, 2.24) is 4.90 Å². The van der Waals surface area contributed by atoms with Gasteiger partial charge in [0.2, 0.25) is 0 Å². The van der Waals surface area contributed by atoms with Crippen LogP contribution in [0.1, 0.15) is 49.7 Å². The quantitative estimate of drug-likeness (QED) is 0.656. The van der Waals surface area contributed by atoms with Crippen molar-refractivity contribution in [1.29, 1.82) is 0 Å². The number of nitrogens with zero attached hydrogens (tertiary/aromatic N) is 1. The molecule has 2 nitrogen and oxygen atoms in total. The number of unbranched alkanes of at least 4 members (excludes halogenated alkanes) is 1. The third-order valence-electron chi connectivity index (χ3n) is 3.16. The average Bonchev–Trinajstić information content (AvgIpc) is 2.87. The highest BCUT2D eigenvalue weighted by Crippen LogP contribution is 2.12. The Morgan fingerprint density at radius 2 is 2.24 bits per heavy atom. The highest BCUT2D eigenvalue weighted by atomic mass is 32.1. The molecule has 0 fully saturated rings. The number of rotatable bonds is 8. The molecule has 0 radical (unpaired) electrons. The van der Waals surface area contributed by atoms with Crippen LogP contribution in [0.15, 0.2) is 17.5 Å². The highest BCUT2D eigenvalue weighted by Gasteiger charge is 2.16. The molecule has 0 aliphatic heterocycles. The maximum Gasteiger partial charge on any atom is 0.186 e. The van der Waals surface area contributed by atoms with Crippen molar-refractivity contribution in [3.05, 3.63) is 22.4 Å². The Balaban J connectivity index is 2.56. The minimum absolute atomic E-state index is 0.261. The van der Waals surface area contributed by atoms with Crippen molar-refractivity contribution in [2.45, 2.75) is 46.1 Å². The molecule has 0 aliphatic carbocycles. The van der Waals surface area contributed by atoms with Crippen LogP contribution in [0.4, 0.5) is 0 Å². The first kappa shape index (κ1) is 14.4. The SMILES string of the molecule is CCCCN(CC(=O)c1cccs1)C(C)CC. The molecule has 1 aromatic rings. The van der Waals surface area contributed by atoms with Crippen molar-refractivity contribution in [3.63, 3.8) is 0 Å². The molecular weight excluding hydrogens is 230 g/mol. The van der Waals surface area contributed by atoms with Crippen LogP contribution < -0.4 is 0 Å². The first-order valence-corrected chi connectivity index (χ1v) is 7.37. The Hall–Kier alpha value is -0.670. The van der Waals surface area contributed by atoms with Crippen molar-refractivity contribution >= 4 is 17.1 Å². The predicted octanol–water partition coefficient (Wildman–Crippen LogP) is 3.83. The smallest absolute Gasteiger partial charge is 0.186 e. The lowest BCUT2D eigenvalue weighted by Crippen LogP contribution is -2.37. The number of ketones is 1. The van der Waals surface area contributed by atoms with Gasteiger partial charge >= 0.3 is 0 Å². The molecule has 1 heterocycles. The number of hydrogen-bond acceptors (Lipinski definition) is 3. The molecule has 1 unspecified atom stereocenters. The van der Waals surface area contributed by atoms with Crippen molar-refractivity contribution in [2.24, 2.45) is 0 Å². The molecule has 3 heteroatoms. The van der Waals surface area contributed by atoms with Gasteiger partial charge in [0.05, 0.1) is 11.4 Å². The lowest BCUT2D eigenvalue weighted by molar-refractivity contribution is 0.0898. The van der Waals surface area contributed by atoms with Crippen molar-refractivity contribution < 1.29 is 4.79 Å². The maximum atomic E-state index is 12.1. The second kappa shape index (κ2) is 7.62. The van der Waals surface area contributed by atoms with Gasteiger partial charge in [-0.25, -0.2) is 0 Å². The molecule has 0 aliphatic rings. The first-order chi connectivity index (χ1) is 8.19. The Labute approximate surface area is 109 Å². The van der Waals surface area contributed by atoms with Crippen LogP contribution in [0.5, 0.6) is 0 Å². The van der Waals surface area contributed by atoms with Crippen LogP contribution in [0.25, 0.3) is 0 Å². The van der Waals surface area contributed by atoms with Crippen molar-refractivity contribution in [2.75, 3.05) is 13.1 Å². The molecule has 0 amide bonds. The number of thiophene rings is 1. The van der Waals surface area contributed by atoms with Crippen LogP contribution in [0, 0.1) is 0 Å². The van der Waals surface area contributed by atoms with E-state index < -0.39 is 0 Å². The van der Waals surface area contributed by atoms with Gasteiger partial charge in [-0.15, -0.1) is 11.3 Å². The Morgan fingerprint density at radius 1 is 1.47 bits per heavy atom. The zero-order chi connectivity index (χ0) is 12.7. The summed E-state index contributed by atoms with van der Waals surface area (Å²) in [5, 5.41) is 1.97. The summed E-state index contributed by atoms with van der Waals surface area (Å²) in [7, 11) is 0. The Kier molecular flexibility index (Phi) is 6.45. The molecular formula is C14H23NOS. The summed E-state index contributed by atoms with van der Waals surface area (Å²) in [6.07, 6.45) is 3.45. The van der Waals surface area contributed by atoms with Gasteiger partial charge in [-0.2, -0.15) is 0 Å². The monoisotopic (exact) mass is 253 g/mol. The molecule has 17 heavy (non-hydrogen) atoms. The van der Waals surface area contributed by atoms with Gasteiger partial charge in [-0.05, 0) is 37.8 Å². The minimum atomic E-state index is 0.261. The maximum absolute atomic E-state index is 12.1. The molecule has 0 N–H and O–H groups in total. The summed E-state index contributed by atoms with van der Waals surface area (Å²) in [4.78, 5) is 15.3. The van der Waals surface area contributed by atoms with Gasteiger partial charge in [-0.1, -0.05) is 26.3 Å². The van der Waals surface area contributed by atoms with Crippen molar-refractivity contribution in [3.8, 4) is 0 Å². The number of carbonyl (C=O) groups is 1. The lowest BCUT2D eigenvalue weighted by atomic mass is 10.1. The number of Topliss-reactive ketones (excluding diaryl/α,β-unsaturated/α-hetero) is 1. The minimum Gasteiger partial charge on any atom is -0.293 e. The fraction of sp³-hybridized carbons (Fsp3) is 0.643. The van der Waals surface area contributed by atoms with E-state index in [9.17, 15) is 4.79 Å². The molecule has 1 atom stereocenters. The Morgan fingerprint density at radius 3 is 2.76 bits per heavy atom. The van der Waals surface area contributed by atoms with Crippen LogP contribution in [-0.2, 0) is 0 Å². The van der Waals surface area contributed by atoms with Gasteiger partial charge in [0, 0.05) is 6.04 Å². The largest absolute Gasteiger partial charge is 0.293 e. The van der Waals surface area contributed by atoms with Crippen LogP contribution >= 0.6 is 11.3 Å². The fourth-order valence-electron chi connectivity index (χ4n) is 1.77. The van der Waals surface area contributed by atoms with E-state index >= 15 is 0 Å². The van der Waals surface area contributed by atoms with E-state index in [-0.39, 0.29) is 5.78 Å². The van der Waals surface area contributed by atoms with Gasteiger partial charge in [0.1, 0.15) is 0 Å². The number of hydrogen-bond donors (Lipinski definition) is 0. The summed E-state index contributed by atoms with van der Waals surface area (Å²) in [5.74, 6) is 0.261. The summed E-state index contributed by atoms with van der Waals surface area (Å²) in [5.41, 5.74) is 0. The van der Waals surface area contributed by atoms with Gasteiger partial charge < -0.3 is 0 Å². The predicted molar refractivity (Wildman–Crippen MR) is 74.9 cm³/mol. The van der Waals surface area contributed by atoms with E-state index in [0.29, 0.717) is 12.6 Å².